The number of carbonyl (C=O) groups excluding carboxylic acids is 3. The maximum Gasteiger partial charge on any atom is 0.251 e. The summed E-state index contributed by atoms with van der Waals surface area (Å²) in [4.78, 5) is 41.9. The molecule has 2 N–H and O–H groups in total. The Morgan fingerprint density at radius 1 is 1.10 bits per heavy atom. The Kier molecular flexibility index (Phi) is 6.74. The Balaban J connectivity index is 1.60. The van der Waals surface area contributed by atoms with Crippen LogP contribution < -0.4 is 10.6 Å². The van der Waals surface area contributed by atoms with Crippen molar-refractivity contribution in [1.82, 2.24) is 4.98 Å². The van der Waals surface area contributed by atoms with Crippen LogP contribution in [0.25, 0.3) is 0 Å². The van der Waals surface area contributed by atoms with E-state index in [-0.39, 0.29) is 28.6 Å². The highest BCUT2D eigenvalue weighted by Gasteiger charge is 2.30. The smallest absolute Gasteiger partial charge is 0.251 e. The van der Waals surface area contributed by atoms with Gasteiger partial charge in [0.2, 0.25) is 0 Å². The third kappa shape index (κ3) is 5.88. The van der Waals surface area contributed by atoms with E-state index >= 15 is 0 Å². The molecule has 1 aliphatic rings. The number of hydrogen-bond donors (Lipinski definition) is 2. The molecule has 1 aliphatic carbocycles. The predicted molar refractivity (Wildman–Crippen MR) is 125 cm³/mol. The van der Waals surface area contributed by atoms with Gasteiger partial charge in [0.1, 0.15) is 0 Å². The van der Waals surface area contributed by atoms with Gasteiger partial charge in [0.15, 0.2) is 10.9 Å². The summed E-state index contributed by atoms with van der Waals surface area (Å²) in [6.07, 6.45) is 4.31. The van der Waals surface area contributed by atoms with Crippen molar-refractivity contribution in [3.05, 3.63) is 52.0 Å². The maximum absolute atomic E-state index is 12.4. The van der Waals surface area contributed by atoms with Gasteiger partial charge in [-0.3, -0.25) is 19.7 Å². The highest BCUT2D eigenvalue weighted by molar-refractivity contribution is 7.15. The van der Waals surface area contributed by atoms with E-state index in [9.17, 15) is 14.4 Å². The average molecular weight is 440 g/mol. The Hall–Kier alpha value is -2.80. The van der Waals surface area contributed by atoms with E-state index in [2.05, 4.69) is 36.4 Å². The number of Topliss-reactive ketones (excluding diaryl/α,β-unsaturated/α-hetero) is 1. The van der Waals surface area contributed by atoms with Gasteiger partial charge in [-0.1, -0.05) is 20.8 Å². The number of thiazole rings is 1. The van der Waals surface area contributed by atoms with Gasteiger partial charge in [-0.05, 0) is 68.7 Å². The SMILES string of the molecule is CC(=O)c1ccc(NC(=O)/C(C)=C\C(=O)Nc2nc3c(s2)CC(C(C)(C)C)CC3)cc1. The van der Waals surface area contributed by atoms with Crippen LogP contribution in [-0.4, -0.2) is 22.6 Å². The minimum Gasteiger partial charge on any atom is -0.322 e. The zero-order chi connectivity index (χ0) is 22.8. The molecule has 1 unspecified atom stereocenters. The largest absolute Gasteiger partial charge is 0.322 e. The summed E-state index contributed by atoms with van der Waals surface area (Å²) >= 11 is 1.52. The van der Waals surface area contributed by atoms with Gasteiger partial charge in [0, 0.05) is 27.8 Å². The molecule has 1 aromatic heterocycles. The molecule has 2 amide bonds. The van der Waals surface area contributed by atoms with Crippen LogP contribution in [0.1, 0.15) is 62.0 Å². The lowest BCUT2D eigenvalue weighted by atomic mass is 9.73. The molecule has 1 heterocycles. The first kappa shape index (κ1) is 22.9. The molecule has 7 heteroatoms. The number of nitrogens with one attached hydrogen (secondary N) is 2. The predicted octanol–water partition coefficient (Wildman–Crippen LogP) is 5.02. The number of aromatic nitrogens is 1. The molecule has 1 atom stereocenters. The van der Waals surface area contributed by atoms with Gasteiger partial charge in [0.25, 0.3) is 11.8 Å². The van der Waals surface area contributed by atoms with E-state index in [0.717, 1.165) is 25.0 Å². The van der Waals surface area contributed by atoms with Crippen molar-refractivity contribution in [2.24, 2.45) is 11.3 Å². The zero-order valence-corrected chi connectivity index (χ0v) is 19.5. The number of anilines is 2. The third-order valence-electron chi connectivity index (χ3n) is 5.65. The summed E-state index contributed by atoms with van der Waals surface area (Å²) in [6, 6.07) is 6.62. The number of benzene rings is 1. The summed E-state index contributed by atoms with van der Waals surface area (Å²) < 4.78 is 0. The highest BCUT2D eigenvalue weighted by atomic mass is 32.1. The third-order valence-corrected chi connectivity index (χ3v) is 6.68. The van der Waals surface area contributed by atoms with Gasteiger partial charge in [-0.15, -0.1) is 11.3 Å². The molecule has 0 saturated heterocycles. The summed E-state index contributed by atoms with van der Waals surface area (Å²) in [5.74, 6) is -0.182. The van der Waals surface area contributed by atoms with Crippen LogP contribution in [0.15, 0.2) is 35.9 Å². The highest BCUT2D eigenvalue weighted by Crippen LogP contribution is 2.40. The fraction of sp³-hybridized carbons (Fsp3) is 0.417. The number of nitrogens with zero attached hydrogens (tertiary/aromatic N) is 1. The summed E-state index contributed by atoms with van der Waals surface area (Å²) in [6.45, 7) is 9.87. The van der Waals surface area contributed by atoms with Gasteiger partial charge in [-0.2, -0.15) is 0 Å². The summed E-state index contributed by atoms with van der Waals surface area (Å²) in [5.41, 5.74) is 2.74. The monoisotopic (exact) mass is 439 g/mol. The topological polar surface area (TPSA) is 88.2 Å². The Morgan fingerprint density at radius 3 is 2.39 bits per heavy atom. The minimum absolute atomic E-state index is 0.0385. The van der Waals surface area contributed by atoms with Crippen molar-refractivity contribution in [1.29, 1.82) is 0 Å². The molecule has 1 aromatic carbocycles. The van der Waals surface area contributed by atoms with Crippen LogP contribution in [0, 0.1) is 11.3 Å². The van der Waals surface area contributed by atoms with Crippen LogP contribution in [0.4, 0.5) is 10.8 Å². The van der Waals surface area contributed by atoms with Crippen LogP contribution in [0.3, 0.4) is 0 Å². The molecule has 0 spiro atoms. The van der Waals surface area contributed by atoms with Crippen LogP contribution >= 0.6 is 11.3 Å². The van der Waals surface area contributed by atoms with Gasteiger partial charge in [0.05, 0.1) is 5.69 Å². The van der Waals surface area contributed by atoms with E-state index in [1.54, 1.807) is 31.2 Å². The van der Waals surface area contributed by atoms with Crippen molar-refractivity contribution in [2.75, 3.05) is 10.6 Å². The molecule has 3 rings (SSSR count). The lowest BCUT2D eigenvalue weighted by Crippen LogP contribution is -2.26. The Morgan fingerprint density at radius 2 is 1.77 bits per heavy atom. The van der Waals surface area contributed by atoms with Gasteiger partial charge in [-0.25, -0.2) is 4.98 Å². The molecular formula is C24H29N3O3S. The van der Waals surface area contributed by atoms with Crippen molar-refractivity contribution >= 4 is 39.8 Å². The lowest BCUT2D eigenvalue weighted by Gasteiger charge is -2.33. The normalized spacial score (nSPS) is 16.4. The van der Waals surface area contributed by atoms with Crippen molar-refractivity contribution < 1.29 is 14.4 Å². The number of rotatable bonds is 5. The number of aryl methyl sites for hydroxylation is 1. The second-order valence-corrected chi connectivity index (χ2v) is 10.2. The number of fused-ring (bicyclic) bond motifs is 1. The molecule has 164 valence electrons. The first-order valence-corrected chi connectivity index (χ1v) is 11.2. The second kappa shape index (κ2) is 9.14. The van der Waals surface area contributed by atoms with E-state index in [4.69, 9.17) is 0 Å². The molecule has 31 heavy (non-hydrogen) atoms. The van der Waals surface area contributed by atoms with Crippen molar-refractivity contribution in [3.63, 3.8) is 0 Å². The van der Waals surface area contributed by atoms with Crippen molar-refractivity contribution in [3.8, 4) is 0 Å². The van der Waals surface area contributed by atoms with Crippen LogP contribution in [0.5, 0.6) is 0 Å². The fourth-order valence-corrected chi connectivity index (χ4v) is 4.68. The molecule has 2 aromatic rings. The number of hydrogen-bond acceptors (Lipinski definition) is 5. The Labute approximate surface area is 187 Å². The molecule has 0 aliphatic heterocycles. The van der Waals surface area contributed by atoms with E-state index in [0.29, 0.717) is 22.3 Å². The molecule has 0 saturated carbocycles. The lowest BCUT2D eigenvalue weighted by molar-refractivity contribution is -0.114. The Bertz CT molecular complexity index is 1030. The standard InChI is InChI=1S/C24H29N3O3S/c1-14(22(30)25-18-9-6-16(7-10-18)15(2)28)12-21(29)27-23-26-19-11-8-17(24(3,4)5)13-20(19)31-23/h6-7,9-10,12,17H,8,11,13H2,1-5H3,(H,25,30)(H,26,27,29)/b14-12-. The number of amides is 2. The maximum atomic E-state index is 12.4. The molecule has 0 fully saturated rings. The van der Waals surface area contributed by atoms with E-state index in [1.807, 2.05) is 0 Å². The quantitative estimate of drug-likeness (QED) is 0.506. The van der Waals surface area contributed by atoms with E-state index in [1.165, 1.54) is 29.2 Å². The number of ketones is 1. The van der Waals surface area contributed by atoms with Gasteiger partial charge >= 0.3 is 0 Å². The number of carbonyl (C=O) groups is 3. The van der Waals surface area contributed by atoms with Crippen LogP contribution in [-0.2, 0) is 22.4 Å². The molecule has 6 nitrogen and oxygen atoms in total. The average Bonchev–Trinajstić information content (AvgIpc) is 3.08. The summed E-state index contributed by atoms with van der Waals surface area (Å²) in [5, 5.41) is 6.10. The molecule has 0 bridgehead atoms. The minimum atomic E-state index is -0.378. The van der Waals surface area contributed by atoms with Crippen molar-refractivity contribution in [2.45, 2.75) is 53.9 Å². The second-order valence-electron chi connectivity index (χ2n) is 9.10. The first-order chi connectivity index (χ1) is 14.5. The van der Waals surface area contributed by atoms with E-state index < -0.39 is 0 Å². The molecule has 0 radical (unpaired) electrons. The molecular weight excluding hydrogens is 410 g/mol. The zero-order valence-electron chi connectivity index (χ0n) is 18.7. The first-order valence-electron chi connectivity index (χ1n) is 10.4. The fourth-order valence-electron chi connectivity index (χ4n) is 3.59. The van der Waals surface area contributed by atoms with Gasteiger partial charge < -0.3 is 5.32 Å². The summed E-state index contributed by atoms with van der Waals surface area (Å²) in [7, 11) is 0. The van der Waals surface area contributed by atoms with Crippen LogP contribution in [0.2, 0.25) is 0 Å².